The van der Waals surface area contributed by atoms with Crippen molar-refractivity contribution in [2.45, 2.75) is 6.92 Å². The lowest BCUT2D eigenvalue weighted by atomic mass is 10.1. The summed E-state index contributed by atoms with van der Waals surface area (Å²) in [5, 5.41) is 14.5. The number of aryl methyl sites for hydroxylation is 1. The van der Waals surface area contributed by atoms with Crippen LogP contribution < -0.4 is 4.90 Å². The summed E-state index contributed by atoms with van der Waals surface area (Å²) in [5.41, 5.74) is 3.62. The third-order valence-corrected chi connectivity index (χ3v) is 5.24. The van der Waals surface area contributed by atoms with Gasteiger partial charge in [0.05, 0.1) is 18.4 Å². The summed E-state index contributed by atoms with van der Waals surface area (Å²) in [6, 6.07) is 14.3. The molecule has 0 aliphatic rings. The summed E-state index contributed by atoms with van der Waals surface area (Å²) < 4.78 is 10.8. The van der Waals surface area contributed by atoms with Crippen molar-refractivity contribution in [2.75, 3.05) is 12.0 Å². The Morgan fingerprint density at radius 1 is 1.07 bits per heavy atom. The van der Waals surface area contributed by atoms with E-state index in [0.717, 1.165) is 27.0 Å². The summed E-state index contributed by atoms with van der Waals surface area (Å²) in [7, 11) is 1.24. The van der Waals surface area contributed by atoms with Crippen LogP contribution in [0.15, 0.2) is 63.7 Å². The van der Waals surface area contributed by atoms with Crippen LogP contribution in [0.2, 0.25) is 0 Å². The van der Waals surface area contributed by atoms with Crippen LogP contribution in [-0.2, 0) is 4.74 Å². The maximum atomic E-state index is 12.6. The van der Waals surface area contributed by atoms with Crippen molar-refractivity contribution in [3.8, 4) is 11.1 Å². The maximum absolute atomic E-state index is 12.6. The number of methoxy groups -OCH3 is 1. The Bertz CT molecular complexity index is 1210. The lowest BCUT2D eigenvalue weighted by Crippen LogP contribution is -2.27. The molecule has 0 bridgehead atoms. The molecule has 1 N–H and O–H groups in total. The zero-order valence-electron chi connectivity index (χ0n) is 15.7. The summed E-state index contributed by atoms with van der Waals surface area (Å²) >= 11 is 1.61. The molecule has 2 aromatic carbocycles. The number of amides is 1. The molecule has 0 atom stereocenters. The molecule has 1 amide bonds. The van der Waals surface area contributed by atoms with Gasteiger partial charge in [0.2, 0.25) is 5.88 Å². The fraction of sp³-hybridized carbons (Fsp3) is 0.0909. The highest BCUT2D eigenvalue weighted by Gasteiger charge is 2.27. The third kappa shape index (κ3) is 3.48. The molecule has 0 aliphatic carbocycles. The highest BCUT2D eigenvalue weighted by molar-refractivity contribution is 7.08. The second kappa shape index (κ2) is 7.44. The summed E-state index contributed by atoms with van der Waals surface area (Å²) in [4.78, 5) is 25.4. The molecule has 0 saturated carbocycles. The SMILES string of the molecule is COC(=O)N(c1cc2cc(-c3ccsc3)ccc2o1)c1ccc(C)cc1C(=O)O. The van der Waals surface area contributed by atoms with Gasteiger partial charge in [0.15, 0.2) is 0 Å². The minimum Gasteiger partial charge on any atom is -0.478 e. The number of anilines is 2. The molecule has 29 heavy (non-hydrogen) atoms. The van der Waals surface area contributed by atoms with Gasteiger partial charge in [0, 0.05) is 11.5 Å². The molecule has 0 radical (unpaired) electrons. The van der Waals surface area contributed by atoms with E-state index in [1.807, 2.05) is 35.0 Å². The zero-order chi connectivity index (χ0) is 20.5. The third-order valence-electron chi connectivity index (χ3n) is 4.56. The van der Waals surface area contributed by atoms with Gasteiger partial charge in [0.1, 0.15) is 5.58 Å². The summed E-state index contributed by atoms with van der Waals surface area (Å²) in [6.45, 7) is 1.78. The number of hydrogen-bond acceptors (Lipinski definition) is 5. The lowest BCUT2D eigenvalue weighted by Gasteiger charge is -2.20. The van der Waals surface area contributed by atoms with Gasteiger partial charge in [-0.25, -0.2) is 14.5 Å². The van der Waals surface area contributed by atoms with Gasteiger partial charge in [-0.2, -0.15) is 11.3 Å². The smallest absolute Gasteiger partial charge is 0.421 e. The molecular formula is C22H17NO5S. The fourth-order valence-corrected chi connectivity index (χ4v) is 3.83. The number of ether oxygens (including phenoxy) is 1. The maximum Gasteiger partial charge on any atom is 0.421 e. The average molecular weight is 407 g/mol. The quantitative estimate of drug-likeness (QED) is 0.444. The Kier molecular flexibility index (Phi) is 4.82. The summed E-state index contributed by atoms with van der Waals surface area (Å²) in [6.07, 6.45) is -0.742. The predicted octanol–water partition coefficient (Wildman–Crippen LogP) is 6.07. The number of hydrogen-bond donors (Lipinski definition) is 1. The molecule has 0 spiro atoms. The predicted molar refractivity (Wildman–Crippen MR) is 112 cm³/mol. The van der Waals surface area contributed by atoms with Gasteiger partial charge in [-0.3, -0.25) is 0 Å². The van der Waals surface area contributed by atoms with E-state index in [4.69, 9.17) is 9.15 Å². The van der Waals surface area contributed by atoms with Crippen molar-refractivity contribution in [3.63, 3.8) is 0 Å². The number of aromatic carboxylic acids is 1. The zero-order valence-corrected chi connectivity index (χ0v) is 16.5. The molecule has 6 nitrogen and oxygen atoms in total. The molecule has 146 valence electrons. The molecular weight excluding hydrogens is 390 g/mol. The van der Waals surface area contributed by atoms with Gasteiger partial charge in [-0.15, -0.1) is 0 Å². The first-order valence-electron chi connectivity index (χ1n) is 8.76. The molecule has 0 unspecified atom stereocenters. The number of thiophene rings is 1. The Balaban J connectivity index is 1.85. The van der Waals surface area contributed by atoms with Crippen LogP contribution in [0, 0.1) is 6.92 Å². The second-order valence-corrected chi connectivity index (χ2v) is 7.26. The Hall–Kier alpha value is -3.58. The summed E-state index contributed by atoms with van der Waals surface area (Å²) in [5.74, 6) is -0.964. The molecule has 2 heterocycles. The highest BCUT2D eigenvalue weighted by atomic mass is 32.1. The minimum absolute atomic E-state index is 0.0187. The normalized spacial score (nSPS) is 10.8. The van der Waals surface area contributed by atoms with Crippen LogP contribution in [0.1, 0.15) is 15.9 Å². The molecule has 0 saturated heterocycles. The van der Waals surface area contributed by atoms with E-state index in [0.29, 0.717) is 5.58 Å². The van der Waals surface area contributed by atoms with Crippen molar-refractivity contribution in [1.29, 1.82) is 0 Å². The van der Waals surface area contributed by atoms with Gasteiger partial charge in [0.25, 0.3) is 0 Å². The van der Waals surface area contributed by atoms with Crippen LogP contribution in [0.5, 0.6) is 0 Å². The van der Waals surface area contributed by atoms with Crippen LogP contribution >= 0.6 is 11.3 Å². The highest BCUT2D eigenvalue weighted by Crippen LogP contribution is 2.36. The average Bonchev–Trinajstić information content (AvgIpc) is 3.38. The Morgan fingerprint density at radius 3 is 2.59 bits per heavy atom. The van der Waals surface area contributed by atoms with E-state index in [-0.39, 0.29) is 17.1 Å². The van der Waals surface area contributed by atoms with Crippen molar-refractivity contribution in [3.05, 3.63) is 70.4 Å². The number of carbonyl (C=O) groups excluding carboxylic acids is 1. The van der Waals surface area contributed by atoms with E-state index in [1.165, 1.54) is 13.2 Å². The van der Waals surface area contributed by atoms with Gasteiger partial charge >= 0.3 is 12.1 Å². The molecule has 4 rings (SSSR count). The minimum atomic E-state index is -1.14. The Labute approximate surface area is 170 Å². The molecule has 7 heteroatoms. The van der Waals surface area contributed by atoms with Crippen LogP contribution in [0.4, 0.5) is 16.4 Å². The number of benzene rings is 2. The topological polar surface area (TPSA) is 80.0 Å². The van der Waals surface area contributed by atoms with Crippen LogP contribution in [0.3, 0.4) is 0 Å². The lowest BCUT2D eigenvalue weighted by molar-refractivity contribution is 0.0697. The van der Waals surface area contributed by atoms with E-state index < -0.39 is 12.1 Å². The van der Waals surface area contributed by atoms with Crippen molar-refractivity contribution in [1.82, 2.24) is 0 Å². The molecule has 4 aromatic rings. The molecule has 0 fully saturated rings. The first-order valence-corrected chi connectivity index (χ1v) is 9.70. The van der Waals surface area contributed by atoms with Crippen molar-refractivity contribution in [2.24, 2.45) is 0 Å². The number of rotatable bonds is 4. The largest absolute Gasteiger partial charge is 0.478 e. The van der Waals surface area contributed by atoms with Crippen molar-refractivity contribution < 1.29 is 23.8 Å². The fourth-order valence-electron chi connectivity index (χ4n) is 3.16. The van der Waals surface area contributed by atoms with E-state index in [9.17, 15) is 14.7 Å². The van der Waals surface area contributed by atoms with E-state index >= 15 is 0 Å². The number of carbonyl (C=O) groups is 2. The van der Waals surface area contributed by atoms with E-state index in [2.05, 4.69) is 0 Å². The first-order chi connectivity index (χ1) is 14.0. The number of carboxylic acids is 1. The van der Waals surface area contributed by atoms with Crippen LogP contribution in [0.25, 0.3) is 22.1 Å². The van der Waals surface area contributed by atoms with Gasteiger partial charge in [-0.1, -0.05) is 17.7 Å². The van der Waals surface area contributed by atoms with Gasteiger partial charge < -0.3 is 14.3 Å². The molecule has 0 aliphatic heterocycles. The number of fused-ring (bicyclic) bond motifs is 1. The van der Waals surface area contributed by atoms with Crippen LogP contribution in [-0.4, -0.2) is 24.3 Å². The first kappa shape index (κ1) is 18.8. The number of carboxylic acid groups (broad SMARTS) is 1. The standard InChI is InChI=1S/C22H17NO5S/c1-13-3-5-18(17(9-13)21(24)25)23(22(26)27-2)20-11-16-10-14(4-6-19(16)28-20)15-7-8-29-12-15/h3-12H,1-2H3,(H,24,25). The second-order valence-electron chi connectivity index (χ2n) is 6.48. The number of nitrogens with zero attached hydrogens (tertiary/aromatic N) is 1. The van der Waals surface area contributed by atoms with Crippen molar-refractivity contribution >= 4 is 45.9 Å². The monoisotopic (exact) mass is 407 g/mol. The molecule has 2 aromatic heterocycles. The van der Waals surface area contributed by atoms with Gasteiger partial charge in [-0.05, 0) is 59.1 Å². The number of furan rings is 1. The van der Waals surface area contributed by atoms with E-state index in [1.54, 1.807) is 36.5 Å². The Morgan fingerprint density at radius 2 is 1.90 bits per heavy atom.